The number of rotatable bonds is 1. The molecule has 1 aromatic heterocycles. The van der Waals surface area contributed by atoms with Crippen LogP contribution in [0.1, 0.15) is 10.4 Å². The van der Waals surface area contributed by atoms with Crippen LogP contribution in [0.4, 0.5) is 0 Å². The van der Waals surface area contributed by atoms with E-state index in [1.54, 1.807) is 11.3 Å². The average Bonchev–Trinajstić information content (AvgIpc) is 2.55. The number of aryl methyl sites for hydroxylation is 1. The third-order valence-corrected chi connectivity index (χ3v) is 3.72. The number of thiophene rings is 1. The first kappa shape index (κ1) is 7.37. The highest BCUT2D eigenvalue weighted by Gasteiger charge is 2.10. The maximum atomic E-state index is 4.41. The highest BCUT2D eigenvalue weighted by atomic mass is 32.2. The second-order valence-corrected chi connectivity index (χ2v) is 4.52. The summed E-state index contributed by atoms with van der Waals surface area (Å²) in [6.07, 6.45) is 0. The van der Waals surface area contributed by atoms with Crippen molar-refractivity contribution < 1.29 is 0 Å². The second kappa shape index (κ2) is 2.99. The van der Waals surface area contributed by atoms with Crippen molar-refractivity contribution >= 4 is 28.1 Å². The Kier molecular flexibility index (Phi) is 2.00. The van der Waals surface area contributed by atoms with Gasteiger partial charge in [0.05, 0.1) is 4.88 Å². The summed E-state index contributed by atoms with van der Waals surface area (Å²) in [4.78, 5) is 5.75. The molecule has 1 aliphatic rings. The van der Waals surface area contributed by atoms with Gasteiger partial charge in [0.15, 0.2) is 0 Å². The smallest absolute Gasteiger partial charge is 0.108 e. The molecule has 0 saturated heterocycles. The standard InChI is InChI=1S/C8H9NS2/c1-6-4-7(11-5-6)8-9-2-3-10-8/h4-5H,2-3H2,1H3. The first-order chi connectivity index (χ1) is 5.36. The molecular formula is C8H9NS2. The zero-order chi connectivity index (χ0) is 7.68. The van der Waals surface area contributed by atoms with Crippen LogP contribution >= 0.6 is 23.1 Å². The highest BCUT2D eigenvalue weighted by molar-refractivity contribution is 8.15. The number of nitrogens with zero attached hydrogens (tertiary/aromatic N) is 1. The van der Waals surface area contributed by atoms with Crippen LogP contribution in [0.25, 0.3) is 0 Å². The Balaban J connectivity index is 2.28. The Hall–Kier alpha value is -0.280. The predicted molar refractivity (Wildman–Crippen MR) is 52.9 cm³/mol. The number of hydrogen-bond acceptors (Lipinski definition) is 3. The fraction of sp³-hybridized carbons (Fsp3) is 0.375. The zero-order valence-corrected chi connectivity index (χ0v) is 7.97. The highest BCUT2D eigenvalue weighted by Crippen LogP contribution is 2.24. The summed E-state index contributed by atoms with van der Waals surface area (Å²) >= 11 is 3.66. The van der Waals surface area contributed by atoms with Gasteiger partial charge in [-0.3, -0.25) is 4.99 Å². The summed E-state index contributed by atoms with van der Waals surface area (Å²) < 4.78 is 0. The molecule has 0 saturated carbocycles. The molecule has 0 aliphatic carbocycles. The lowest BCUT2D eigenvalue weighted by atomic mass is 10.3. The van der Waals surface area contributed by atoms with Gasteiger partial charge >= 0.3 is 0 Å². The van der Waals surface area contributed by atoms with Gasteiger partial charge in [-0.1, -0.05) is 0 Å². The van der Waals surface area contributed by atoms with E-state index >= 15 is 0 Å². The molecule has 3 heteroatoms. The molecule has 0 radical (unpaired) electrons. The molecule has 0 amide bonds. The number of hydrogen-bond donors (Lipinski definition) is 0. The molecule has 0 fully saturated rings. The maximum Gasteiger partial charge on any atom is 0.108 e. The molecule has 0 bridgehead atoms. The van der Waals surface area contributed by atoms with Gasteiger partial charge in [-0.15, -0.1) is 23.1 Å². The summed E-state index contributed by atoms with van der Waals surface area (Å²) in [6.45, 7) is 3.12. The number of thioether (sulfide) groups is 1. The van der Waals surface area contributed by atoms with Crippen LogP contribution in [-0.4, -0.2) is 17.3 Å². The van der Waals surface area contributed by atoms with Crippen molar-refractivity contribution in [3.8, 4) is 0 Å². The quantitative estimate of drug-likeness (QED) is 0.652. The van der Waals surface area contributed by atoms with Gasteiger partial charge < -0.3 is 0 Å². The number of aliphatic imine (C=N–C) groups is 1. The lowest BCUT2D eigenvalue weighted by molar-refractivity contribution is 1.18. The van der Waals surface area contributed by atoms with Crippen molar-refractivity contribution in [1.82, 2.24) is 0 Å². The van der Waals surface area contributed by atoms with Gasteiger partial charge in [0, 0.05) is 12.3 Å². The van der Waals surface area contributed by atoms with Crippen molar-refractivity contribution in [3.05, 3.63) is 21.9 Å². The fourth-order valence-corrected chi connectivity index (χ4v) is 2.91. The SMILES string of the molecule is Cc1csc(C2=NCCS2)c1. The summed E-state index contributed by atoms with van der Waals surface area (Å²) in [5, 5.41) is 3.42. The van der Waals surface area contributed by atoms with E-state index < -0.39 is 0 Å². The molecule has 1 nitrogen and oxygen atoms in total. The third kappa shape index (κ3) is 1.49. The molecule has 2 rings (SSSR count). The van der Waals surface area contributed by atoms with Crippen molar-refractivity contribution in [1.29, 1.82) is 0 Å². The Morgan fingerprint density at radius 1 is 1.55 bits per heavy atom. The monoisotopic (exact) mass is 183 g/mol. The molecule has 0 N–H and O–H groups in total. The second-order valence-electron chi connectivity index (χ2n) is 2.52. The minimum Gasteiger partial charge on any atom is -0.276 e. The van der Waals surface area contributed by atoms with Gasteiger partial charge in [-0.2, -0.15) is 0 Å². The van der Waals surface area contributed by atoms with E-state index in [1.165, 1.54) is 15.5 Å². The lowest BCUT2D eigenvalue weighted by Gasteiger charge is -1.90. The van der Waals surface area contributed by atoms with Crippen LogP contribution in [0.15, 0.2) is 16.4 Å². The van der Waals surface area contributed by atoms with Crippen LogP contribution in [0.5, 0.6) is 0 Å². The van der Waals surface area contributed by atoms with E-state index in [0.29, 0.717) is 0 Å². The summed E-state index contributed by atoms with van der Waals surface area (Å²) in [5.41, 5.74) is 1.35. The van der Waals surface area contributed by atoms with Gasteiger partial charge in [-0.25, -0.2) is 0 Å². The van der Waals surface area contributed by atoms with Gasteiger partial charge in [0.2, 0.25) is 0 Å². The topological polar surface area (TPSA) is 12.4 Å². The first-order valence-electron chi connectivity index (χ1n) is 3.59. The molecular weight excluding hydrogens is 174 g/mol. The van der Waals surface area contributed by atoms with Crippen molar-refractivity contribution in [3.63, 3.8) is 0 Å². The average molecular weight is 183 g/mol. The Labute approximate surface area is 74.5 Å². The molecule has 11 heavy (non-hydrogen) atoms. The summed E-state index contributed by atoms with van der Waals surface area (Å²) in [6, 6.07) is 2.21. The van der Waals surface area contributed by atoms with Gasteiger partial charge in [0.1, 0.15) is 5.04 Å². The van der Waals surface area contributed by atoms with Crippen LogP contribution in [0.2, 0.25) is 0 Å². The van der Waals surface area contributed by atoms with Crippen molar-refractivity contribution in [2.24, 2.45) is 4.99 Å². The fourth-order valence-electron chi connectivity index (χ4n) is 1.03. The minimum atomic E-state index is 0.997. The van der Waals surface area contributed by atoms with E-state index in [2.05, 4.69) is 23.4 Å². The molecule has 0 spiro atoms. The lowest BCUT2D eigenvalue weighted by Crippen LogP contribution is -1.84. The minimum absolute atomic E-state index is 0.997. The molecule has 0 aromatic carbocycles. The largest absolute Gasteiger partial charge is 0.276 e. The third-order valence-electron chi connectivity index (χ3n) is 1.53. The van der Waals surface area contributed by atoms with Crippen molar-refractivity contribution in [2.45, 2.75) is 6.92 Å². The summed E-state index contributed by atoms with van der Waals surface area (Å²) in [5.74, 6) is 1.16. The van der Waals surface area contributed by atoms with Crippen LogP contribution in [0, 0.1) is 6.92 Å². The van der Waals surface area contributed by atoms with Gasteiger partial charge in [-0.05, 0) is 23.9 Å². The van der Waals surface area contributed by atoms with E-state index in [9.17, 15) is 0 Å². The van der Waals surface area contributed by atoms with Crippen LogP contribution < -0.4 is 0 Å². The van der Waals surface area contributed by atoms with E-state index in [1.807, 2.05) is 11.8 Å². The van der Waals surface area contributed by atoms with E-state index in [4.69, 9.17) is 0 Å². The molecule has 0 unspecified atom stereocenters. The molecule has 58 valence electrons. The molecule has 1 aromatic rings. The van der Waals surface area contributed by atoms with Crippen LogP contribution in [0.3, 0.4) is 0 Å². The van der Waals surface area contributed by atoms with Crippen LogP contribution in [-0.2, 0) is 0 Å². The molecule has 1 aliphatic heterocycles. The summed E-state index contributed by atoms with van der Waals surface area (Å²) in [7, 11) is 0. The normalized spacial score (nSPS) is 17.0. The maximum absolute atomic E-state index is 4.41. The molecule has 2 heterocycles. The van der Waals surface area contributed by atoms with Crippen molar-refractivity contribution in [2.75, 3.05) is 12.3 Å². The molecule has 0 atom stereocenters. The van der Waals surface area contributed by atoms with E-state index in [0.717, 1.165) is 12.3 Å². The Bertz CT molecular complexity index is 288. The predicted octanol–water partition coefficient (Wildman–Crippen LogP) is 2.55. The Morgan fingerprint density at radius 2 is 2.45 bits per heavy atom. The van der Waals surface area contributed by atoms with Gasteiger partial charge in [0.25, 0.3) is 0 Å². The van der Waals surface area contributed by atoms with E-state index in [-0.39, 0.29) is 0 Å². The first-order valence-corrected chi connectivity index (χ1v) is 5.45. The zero-order valence-electron chi connectivity index (χ0n) is 6.33. The Morgan fingerprint density at radius 3 is 3.00 bits per heavy atom.